The molecule has 6 nitrogen and oxygen atoms in total. The molecule has 1 heterocycles. The molecule has 2 rings (SSSR count). The lowest BCUT2D eigenvalue weighted by Gasteiger charge is -2.04. The van der Waals surface area contributed by atoms with Crippen LogP contribution in [0, 0.1) is 0 Å². The summed E-state index contributed by atoms with van der Waals surface area (Å²) in [7, 11) is 1.56. The van der Waals surface area contributed by atoms with E-state index in [1.807, 2.05) is 24.3 Å². The summed E-state index contributed by atoms with van der Waals surface area (Å²) in [6, 6.07) is 7.34. The number of amides is 2. The summed E-state index contributed by atoms with van der Waals surface area (Å²) in [6.45, 7) is 0.306. The maximum Gasteiger partial charge on any atom is 0.315 e. The molecule has 6 heteroatoms. The molecule has 1 aromatic carbocycles. The molecule has 0 bridgehead atoms. The minimum Gasteiger partial charge on any atom is -0.341 e. The van der Waals surface area contributed by atoms with Gasteiger partial charge in [-0.25, -0.2) is 9.48 Å². The van der Waals surface area contributed by atoms with Crippen LogP contribution in [0.2, 0.25) is 0 Å². The molecule has 2 amide bonds. The van der Waals surface area contributed by atoms with Crippen molar-refractivity contribution in [1.29, 1.82) is 0 Å². The van der Waals surface area contributed by atoms with E-state index >= 15 is 0 Å². The van der Waals surface area contributed by atoms with Gasteiger partial charge in [0.25, 0.3) is 0 Å². The number of fused-ring (bicyclic) bond motifs is 1. The lowest BCUT2D eigenvalue weighted by atomic mass is 10.3. The molecule has 0 radical (unpaired) electrons. The number of rotatable bonds is 2. The van der Waals surface area contributed by atoms with Crippen molar-refractivity contribution in [2.45, 2.75) is 6.67 Å². The highest BCUT2D eigenvalue weighted by molar-refractivity contribution is 5.75. The van der Waals surface area contributed by atoms with Crippen LogP contribution < -0.4 is 10.6 Å². The Labute approximate surface area is 86.3 Å². The first-order valence-electron chi connectivity index (χ1n) is 4.55. The molecule has 2 N–H and O–H groups in total. The molecule has 0 saturated heterocycles. The number of carbonyl (C=O) groups is 1. The van der Waals surface area contributed by atoms with Crippen molar-refractivity contribution in [3.63, 3.8) is 0 Å². The SMILES string of the molecule is CNC(=O)NCn1nnc2ccccc21. The summed E-state index contributed by atoms with van der Waals surface area (Å²) in [5.41, 5.74) is 1.71. The quantitative estimate of drug-likeness (QED) is 0.741. The van der Waals surface area contributed by atoms with E-state index in [4.69, 9.17) is 0 Å². The Balaban J connectivity index is 2.18. The molecule has 0 aliphatic rings. The van der Waals surface area contributed by atoms with Gasteiger partial charge in [0.2, 0.25) is 0 Å². The number of nitrogens with one attached hydrogen (secondary N) is 2. The van der Waals surface area contributed by atoms with Crippen LogP contribution in [0.4, 0.5) is 4.79 Å². The van der Waals surface area contributed by atoms with Crippen molar-refractivity contribution in [3.05, 3.63) is 24.3 Å². The van der Waals surface area contributed by atoms with Crippen LogP contribution in [0.1, 0.15) is 0 Å². The van der Waals surface area contributed by atoms with E-state index in [1.165, 1.54) is 0 Å². The summed E-state index contributed by atoms with van der Waals surface area (Å²) >= 11 is 0. The van der Waals surface area contributed by atoms with Gasteiger partial charge in [-0.05, 0) is 12.1 Å². The number of hydrogen-bond acceptors (Lipinski definition) is 3. The molecule has 2 aromatic rings. The van der Waals surface area contributed by atoms with Gasteiger partial charge in [-0.15, -0.1) is 5.10 Å². The smallest absolute Gasteiger partial charge is 0.315 e. The highest BCUT2D eigenvalue weighted by Gasteiger charge is 2.03. The molecule has 0 aliphatic heterocycles. The summed E-state index contributed by atoms with van der Waals surface area (Å²) in [4.78, 5) is 11.0. The Bertz CT molecular complexity index is 478. The maximum atomic E-state index is 11.0. The highest BCUT2D eigenvalue weighted by Crippen LogP contribution is 2.08. The third-order valence-corrected chi connectivity index (χ3v) is 2.04. The number of urea groups is 1. The molecular weight excluding hydrogens is 194 g/mol. The van der Waals surface area contributed by atoms with Gasteiger partial charge in [0.05, 0.1) is 5.52 Å². The van der Waals surface area contributed by atoms with Gasteiger partial charge >= 0.3 is 6.03 Å². The Morgan fingerprint density at radius 1 is 1.47 bits per heavy atom. The van der Waals surface area contributed by atoms with Gasteiger partial charge in [0.1, 0.15) is 12.2 Å². The lowest BCUT2D eigenvalue weighted by molar-refractivity contribution is 0.239. The van der Waals surface area contributed by atoms with E-state index < -0.39 is 0 Å². The van der Waals surface area contributed by atoms with Crippen LogP contribution in [-0.4, -0.2) is 28.1 Å². The first kappa shape index (κ1) is 9.45. The highest BCUT2D eigenvalue weighted by atomic mass is 16.2. The minimum absolute atomic E-state index is 0.241. The van der Waals surface area contributed by atoms with Gasteiger partial charge < -0.3 is 10.6 Å². The molecule has 0 spiro atoms. The predicted octanol–water partition coefficient (Wildman–Crippen LogP) is 0.318. The van der Waals surface area contributed by atoms with Crippen LogP contribution in [0.3, 0.4) is 0 Å². The normalized spacial score (nSPS) is 10.2. The van der Waals surface area contributed by atoms with Gasteiger partial charge in [-0.1, -0.05) is 17.3 Å². The van der Waals surface area contributed by atoms with E-state index in [1.54, 1.807) is 11.7 Å². The Morgan fingerprint density at radius 3 is 3.07 bits per heavy atom. The largest absolute Gasteiger partial charge is 0.341 e. The van der Waals surface area contributed by atoms with Crippen LogP contribution in [0.15, 0.2) is 24.3 Å². The van der Waals surface area contributed by atoms with Crippen LogP contribution in [0.25, 0.3) is 11.0 Å². The second-order valence-electron chi connectivity index (χ2n) is 2.99. The van der Waals surface area contributed by atoms with Crippen molar-refractivity contribution < 1.29 is 4.79 Å². The molecule has 0 fully saturated rings. The summed E-state index contributed by atoms with van der Waals surface area (Å²) < 4.78 is 1.63. The third kappa shape index (κ3) is 1.88. The van der Waals surface area contributed by atoms with E-state index in [9.17, 15) is 4.79 Å². The number of para-hydroxylation sites is 1. The summed E-state index contributed by atoms with van der Waals surface area (Å²) in [6.07, 6.45) is 0. The van der Waals surface area contributed by atoms with Gasteiger partial charge in [-0.3, -0.25) is 0 Å². The molecule has 0 unspecified atom stereocenters. The van der Waals surface area contributed by atoms with Crippen molar-refractivity contribution in [2.75, 3.05) is 7.05 Å². The van der Waals surface area contributed by atoms with Gasteiger partial charge in [0.15, 0.2) is 0 Å². The zero-order valence-corrected chi connectivity index (χ0v) is 8.27. The fourth-order valence-corrected chi connectivity index (χ4v) is 1.27. The molecule has 1 aromatic heterocycles. The first-order valence-corrected chi connectivity index (χ1v) is 4.55. The Morgan fingerprint density at radius 2 is 2.27 bits per heavy atom. The number of nitrogens with zero attached hydrogens (tertiary/aromatic N) is 3. The van der Waals surface area contributed by atoms with Crippen molar-refractivity contribution in [1.82, 2.24) is 25.6 Å². The number of carbonyl (C=O) groups excluding carboxylic acids is 1. The van der Waals surface area contributed by atoms with E-state index in [0.29, 0.717) is 6.67 Å². The number of hydrogen-bond donors (Lipinski definition) is 2. The van der Waals surface area contributed by atoms with Crippen molar-refractivity contribution in [2.24, 2.45) is 0 Å². The zero-order valence-electron chi connectivity index (χ0n) is 8.27. The van der Waals surface area contributed by atoms with E-state index in [2.05, 4.69) is 20.9 Å². The second-order valence-corrected chi connectivity index (χ2v) is 2.99. The topological polar surface area (TPSA) is 71.8 Å². The molecular formula is C9H11N5O. The lowest BCUT2D eigenvalue weighted by Crippen LogP contribution is -2.34. The molecule has 78 valence electrons. The van der Waals surface area contributed by atoms with Crippen molar-refractivity contribution >= 4 is 17.1 Å². The minimum atomic E-state index is -0.241. The summed E-state index contributed by atoms with van der Waals surface area (Å²) in [5, 5.41) is 13.0. The molecule has 0 saturated carbocycles. The van der Waals surface area contributed by atoms with Crippen LogP contribution in [-0.2, 0) is 6.67 Å². The second kappa shape index (κ2) is 3.95. The standard InChI is InChI=1S/C9H11N5O/c1-10-9(15)11-6-14-8-5-3-2-4-7(8)12-13-14/h2-5H,6H2,1H3,(H2,10,11,15). The number of benzene rings is 1. The molecule has 0 atom stereocenters. The van der Waals surface area contributed by atoms with E-state index in [0.717, 1.165) is 11.0 Å². The summed E-state index contributed by atoms with van der Waals surface area (Å²) in [5.74, 6) is 0. The van der Waals surface area contributed by atoms with E-state index in [-0.39, 0.29) is 6.03 Å². The monoisotopic (exact) mass is 205 g/mol. The maximum absolute atomic E-state index is 11.0. The van der Waals surface area contributed by atoms with Crippen LogP contribution in [0.5, 0.6) is 0 Å². The number of aromatic nitrogens is 3. The Hall–Kier alpha value is -2.11. The van der Waals surface area contributed by atoms with Gasteiger partial charge in [-0.2, -0.15) is 0 Å². The van der Waals surface area contributed by atoms with Gasteiger partial charge in [0, 0.05) is 7.05 Å². The molecule has 0 aliphatic carbocycles. The zero-order chi connectivity index (χ0) is 10.7. The fourth-order valence-electron chi connectivity index (χ4n) is 1.27. The van der Waals surface area contributed by atoms with Crippen LogP contribution >= 0.6 is 0 Å². The average Bonchev–Trinajstić information content (AvgIpc) is 2.69. The predicted molar refractivity (Wildman–Crippen MR) is 55.1 cm³/mol. The van der Waals surface area contributed by atoms with Crippen molar-refractivity contribution in [3.8, 4) is 0 Å². The molecule has 15 heavy (non-hydrogen) atoms. The third-order valence-electron chi connectivity index (χ3n) is 2.04. The Kier molecular flexibility index (Phi) is 2.49. The first-order chi connectivity index (χ1) is 7.31. The fraction of sp³-hybridized carbons (Fsp3) is 0.222. The average molecular weight is 205 g/mol.